The summed E-state index contributed by atoms with van der Waals surface area (Å²) in [6.07, 6.45) is 0. The fourth-order valence-electron chi connectivity index (χ4n) is 0.208. The molecule has 0 rings (SSSR count). The molecule has 0 aromatic rings. The summed E-state index contributed by atoms with van der Waals surface area (Å²) in [5, 5.41) is 0. The predicted molar refractivity (Wildman–Crippen MR) is 28.5 cm³/mol. The molecule has 0 unspecified atom stereocenters. The average molecular weight is 188 g/mol. The number of hydrogen-bond acceptors (Lipinski definition) is 5. The second kappa shape index (κ2) is 2.69. The molecule has 0 radical (unpaired) electrons. The van der Waals surface area contributed by atoms with Crippen molar-refractivity contribution in [3.05, 3.63) is 0 Å². The van der Waals surface area contributed by atoms with Crippen LogP contribution in [-0.2, 0) is 37.0 Å². The van der Waals surface area contributed by atoms with Crippen LogP contribution in [0.4, 0.5) is 0 Å². The third-order valence-corrected chi connectivity index (χ3v) is 4.21. The second-order valence-corrected chi connectivity index (χ2v) is 7.26. The molecule has 5 nitrogen and oxygen atoms in total. The van der Waals surface area contributed by atoms with Gasteiger partial charge in [-0.25, -0.2) is 0 Å². The Hall–Kier alpha value is -1.39. The first-order chi connectivity index (χ1) is 5.12. The predicted octanol–water partition coefficient (Wildman–Crippen LogP) is -1.99. The Morgan fingerprint density at radius 3 is 0.727 bits per heavy atom. The molecule has 0 aliphatic carbocycles. The topological polar surface area (TPSA) is 85.3 Å². The molecule has 0 bridgehead atoms. The first-order valence-electron chi connectivity index (χ1n) is 2.27. The zero-order valence-electron chi connectivity index (χ0n) is 5.04. The molecule has 0 saturated heterocycles. The van der Waals surface area contributed by atoms with E-state index in [1.165, 1.54) is 0 Å². The van der Waals surface area contributed by atoms with E-state index in [4.69, 9.17) is 0 Å². The molecule has 11 heavy (non-hydrogen) atoms. The quantitative estimate of drug-likeness (QED) is 0.411. The molecule has 54 valence electrons. The van der Waals surface area contributed by atoms with Gasteiger partial charge >= 0.3 is 57.9 Å². The Balaban J connectivity index is 9.33. The van der Waals surface area contributed by atoms with Gasteiger partial charge in [0.1, 0.15) is 0 Å². The summed E-state index contributed by atoms with van der Waals surface area (Å²) in [4.78, 5) is 49.9. The zero-order valence-corrected chi connectivity index (χ0v) is 6.60. The second-order valence-electron chi connectivity index (χ2n) is 1.76. The molecule has 0 aromatic carbocycles. The first-order valence-corrected chi connectivity index (χ1v) is 6.17. The van der Waals surface area contributed by atoms with E-state index in [2.05, 4.69) is 0 Å². The minimum absolute atomic E-state index is 0.775. The van der Waals surface area contributed by atoms with Gasteiger partial charge in [0.05, 0.1) is 0 Å². The molecule has 0 atom stereocenters. The molecular weight excluding hydrogens is 188 g/mol. The van der Waals surface area contributed by atoms with Gasteiger partial charge in [0.15, 0.2) is 0 Å². The van der Waals surface area contributed by atoms with E-state index in [0.29, 0.717) is 0 Å². The molecule has 0 aliphatic rings. The van der Waals surface area contributed by atoms with Crippen LogP contribution in [0, 0.1) is 0 Å². The first kappa shape index (κ1) is 9.61. The van der Waals surface area contributed by atoms with Crippen molar-refractivity contribution in [1.29, 1.82) is 0 Å². The van der Waals surface area contributed by atoms with Crippen molar-refractivity contribution < 1.29 is 37.0 Å². The molecule has 0 fully saturated rings. The molecular formula is C5O5Ti. The minimum atomic E-state index is -5.89. The van der Waals surface area contributed by atoms with E-state index in [0.717, 1.165) is 20.9 Å². The normalized spacial score (nSPS) is 5.00. The van der Waals surface area contributed by atoms with Gasteiger partial charge in [-0.2, -0.15) is 0 Å². The third kappa shape index (κ3) is 1.09. The maximum absolute atomic E-state index is 9.98. The van der Waals surface area contributed by atoms with Crippen molar-refractivity contribution >= 4 is 20.9 Å². The summed E-state index contributed by atoms with van der Waals surface area (Å²) >= 11 is -5.89. The van der Waals surface area contributed by atoms with E-state index in [1.54, 1.807) is 0 Å². The standard InChI is InChI=1S/5CO.Ti/c5*1-2;. The Bertz CT molecular complexity index is 550. The van der Waals surface area contributed by atoms with E-state index >= 15 is 0 Å². The van der Waals surface area contributed by atoms with Crippen molar-refractivity contribution in [2.24, 2.45) is 0 Å². The Morgan fingerprint density at radius 2 is 0.727 bits per heavy atom. The molecule has 6 heteroatoms. The molecule has 0 heterocycles. The van der Waals surface area contributed by atoms with Gasteiger partial charge in [0.2, 0.25) is 0 Å². The van der Waals surface area contributed by atoms with Crippen LogP contribution in [-0.4, -0.2) is 20.9 Å². The summed E-state index contributed by atoms with van der Waals surface area (Å²) in [5.74, 6) is 0. The summed E-state index contributed by atoms with van der Waals surface area (Å²) < 4.78 is 3.87. The van der Waals surface area contributed by atoms with Gasteiger partial charge in [0.25, 0.3) is 0 Å². The number of hydrogen-bond donors (Lipinski definition) is 0. The van der Waals surface area contributed by atoms with Gasteiger partial charge in [0, 0.05) is 0 Å². The van der Waals surface area contributed by atoms with Crippen LogP contribution >= 0.6 is 0 Å². The fourth-order valence-corrected chi connectivity index (χ4v) is 0.859. The summed E-state index contributed by atoms with van der Waals surface area (Å²) in [6.45, 7) is 0. The number of carbonyl (C=O) groups excluding carboxylic acids is 5. The van der Waals surface area contributed by atoms with Crippen LogP contribution in [0.3, 0.4) is 0 Å². The average Bonchev–Trinajstić information content (AvgIpc) is 2.12. The maximum atomic E-state index is 9.98. The Kier molecular flexibility index (Phi) is 2.36. The van der Waals surface area contributed by atoms with Crippen LogP contribution in [0.25, 0.3) is 0 Å². The Morgan fingerprint density at radius 1 is 0.545 bits per heavy atom. The SMILES string of the molecule is O=[C]=[Ti](=[C]=O)(=[C]=O)(=[C]=O)=[C]=O. The van der Waals surface area contributed by atoms with Crippen molar-refractivity contribution in [2.45, 2.75) is 0 Å². The molecule has 0 saturated carbocycles. The zero-order chi connectivity index (χ0) is 8.98. The molecule has 0 aliphatic heterocycles. The van der Waals surface area contributed by atoms with E-state index in [9.17, 15) is 24.0 Å². The van der Waals surface area contributed by atoms with Crippen LogP contribution in [0.15, 0.2) is 0 Å². The third-order valence-electron chi connectivity index (χ3n) is 1.02. The molecule has 0 aromatic heterocycles. The van der Waals surface area contributed by atoms with Crippen molar-refractivity contribution in [1.82, 2.24) is 0 Å². The molecule has 0 amide bonds. The van der Waals surface area contributed by atoms with Gasteiger partial charge in [-0.15, -0.1) is 0 Å². The van der Waals surface area contributed by atoms with Crippen LogP contribution < -0.4 is 0 Å². The van der Waals surface area contributed by atoms with Crippen LogP contribution in [0.2, 0.25) is 0 Å². The summed E-state index contributed by atoms with van der Waals surface area (Å²) in [7, 11) is 0. The monoisotopic (exact) mass is 188 g/mol. The molecule has 0 spiro atoms. The van der Waals surface area contributed by atoms with Crippen molar-refractivity contribution in [3.63, 3.8) is 0 Å². The Labute approximate surface area is 58.3 Å². The fraction of sp³-hybridized carbons (Fsp3) is 0. The van der Waals surface area contributed by atoms with Crippen molar-refractivity contribution in [2.75, 3.05) is 0 Å². The summed E-state index contributed by atoms with van der Waals surface area (Å²) in [5.41, 5.74) is 0. The van der Waals surface area contributed by atoms with Crippen molar-refractivity contribution in [3.8, 4) is 0 Å². The molecule has 0 N–H and O–H groups in total. The van der Waals surface area contributed by atoms with Gasteiger partial charge in [-0.3, -0.25) is 0 Å². The van der Waals surface area contributed by atoms with E-state index < -0.39 is 13.0 Å². The van der Waals surface area contributed by atoms with E-state index in [1.807, 2.05) is 0 Å². The number of rotatable bonds is 0. The van der Waals surface area contributed by atoms with Crippen LogP contribution in [0.5, 0.6) is 0 Å². The van der Waals surface area contributed by atoms with Gasteiger partial charge in [-0.05, 0) is 0 Å². The van der Waals surface area contributed by atoms with Crippen LogP contribution in [0.1, 0.15) is 0 Å². The summed E-state index contributed by atoms with van der Waals surface area (Å²) in [6, 6.07) is 0. The van der Waals surface area contributed by atoms with Gasteiger partial charge < -0.3 is 0 Å². The van der Waals surface area contributed by atoms with Gasteiger partial charge in [-0.1, -0.05) is 0 Å². The van der Waals surface area contributed by atoms with E-state index in [-0.39, 0.29) is 0 Å².